The van der Waals surface area contributed by atoms with Crippen LogP contribution in [0.2, 0.25) is 0 Å². The number of hydrogen-bond donors (Lipinski definition) is 0. The van der Waals surface area contributed by atoms with E-state index in [1.165, 1.54) is 7.11 Å². The molecule has 2 rings (SSSR count). The third-order valence-corrected chi connectivity index (χ3v) is 3.79. The van der Waals surface area contributed by atoms with E-state index in [4.69, 9.17) is 19.5 Å². The topological polar surface area (TPSA) is 98.0 Å². The van der Waals surface area contributed by atoms with E-state index >= 15 is 0 Å². The fourth-order valence-electron chi connectivity index (χ4n) is 2.42. The maximum absolute atomic E-state index is 11.4. The van der Waals surface area contributed by atoms with Crippen molar-refractivity contribution < 1.29 is 19.0 Å². The Hall–Kier alpha value is -3.24. The molecule has 7 nitrogen and oxygen atoms in total. The first-order chi connectivity index (χ1) is 13.2. The standard InChI is InChI=1S/C20H20N2O5/c1-25-19(20(23)22-24)13-15-6-4-8-17(12-15)26-10-5-11-27-18-9-3-2-7-16(18)14-21/h2-4,6-9,12,19H,5,10-11,13H2,1H3. The number of ether oxygens (including phenoxy) is 3. The van der Waals surface area contributed by atoms with E-state index in [1.54, 1.807) is 36.4 Å². The van der Waals surface area contributed by atoms with Crippen molar-refractivity contribution in [1.82, 2.24) is 0 Å². The van der Waals surface area contributed by atoms with E-state index in [1.807, 2.05) is 12.1 Å². The van der Waals surface area contributed by atoms with Crippen LogP contribution in [0.5, 0.6) is 11.5 Å². The van der Waals surface area contributed by atoms with Gasteiger partial charge in [0, 0.05) is 25.1 Å². The fraction of sp³-hybridized carbons (Fsp3) is 0.300. The molecule has 0 aromatic heterocycles. The zero-order chi connectivity index (χ0) is 19.5. The minimum absolute atomic E-state index is 0.242. The molecule has 0 aliphatic heterocycles. The molecule has 0 bridgehead atoms. The van der Waals surface area contributed by atoms with Crippen molar-refractivity contribution in [2.24, 2.45) is 5.18 Å². The van der Waals surface area contributed by atoms with Crippen LogP contribution in [-0.4, -0.2) is 32.3 Å². The molecule has 0 aliphatic rings. The van der Waals surface area contributed by atoms with Crippen LogP contribution in [0.1, 0.15) is 17.5 Å². The second-order valence-electron chi connectivity index (χ2n) is 5.66. The monoisotopic (exact) mass is 368 g/mol. The van der Waals surface area contributed by atoms with E-state index < -0.39 is 12.0 Å². The molecule has 0 aliphatic carbocycles. The van der Waals surface area contributed by atoms with Gasteiger partial charge in [-0.25, -0.2) is 0 Å². The lowest BCUT2D eigenvalue weighted by Gasteiger charge is -2.12. The Morgan fingerprint density at radius 3 is 2.67 bits per heavy atom. The maximum Gasteiger partial charge on any atom is 0.315 e. The number of methoxy groups -OCH3 is 1. The van der Waals surface area contributed by atoms with Crippen LogP contribution < -0.4 is 9.47 Å². The number of nitroso groups, excluding NO2 is 1. The van der Waals surface area contributed by atoms with Crippen molar-refractivity contribution in [1.29, 1.82) is 5.26 Å². The molecular formula is C20H20N2O5. The molecule has 1 amide bonds. The number of carbonyl (C=O) groups is 1. The lowest BCUT2D eigenvalue weighted by molar-refractivity contribution is -0.127. The summed E-state index contributed by atoms with van der Waals surface area (Å²) in [6.07, 6.45) is -0.0174. The summed E-state index contributed by atoms with van der Waals surface area (Å²) in [5.41, 5.74) is 1.30. The Kier molecular flexibility index (Phi) is 7.94. The first-order valence-electron chi connectivity index (χ1n) is 8.41. The van der Waals surface area contributed by atoms with Crippen LogP contribution in [0.4, 0.5) is 0 Å². The SMILES string of the molecule is COC(Cc1cccc(OCCCOc2ccccc2C#N)c1)C(=O)N=O. The fourth-order valence-corrected chi connectivity index (χ4v) is 2.42. The van der Waals surface area contributed by atoms with Crippen molar-refractivity contribution in [3.63, 3.8) is 0 Å². The molecule has 7 heteroatoms. The van der Waals surface area contributed by atoms with Gasteiger partial charge in [-0.3, -0.25) is 4.79 Å². The van der Waals surface area contributed by atoms with Gasteiger partial charge in [0.2, 0.25) is 0 Å². The third-order valence-electron chi connectivity index (χ3n) is 3.79. The first kappa shape index (κ1) is 20.1. The average Bonchev–Trinajstić information content (AvgIpc) is 2.71. The Bertz CT molecular complexity index is 816. The van der Waals surface area contributed by atoms with E-state index in [9.17, 15) is 9.70 Å². The molecule has 0 radical (unpaired) electrons. The number of nitriles is 1. The quantitative estimate of drug-likeness (QED) is 0.471. The second kappa shape index (κ2) is 10.7. The van der Waals surface area contributed by atoms with Gasteiger partial charge >= 0.3 is 5.91 Å². The van der Waals surface area contributed by atoms with Crippen molar-refractivity contribution in [2.45, 2.75) is 18.9 Å². The summed E-state index contributed by atoms with van der Waals surface area (Å²) in [6, 6.07) is 16.4. The molecule has 0 spiro atoms. The average molecular weight is 368 g/mol. The Labute approximate surface area is 157 Å². The highest BCUT2D eigenvalue weighted by atomic mass is 16.5. The van der Waals surface area contributed by atoms with Gasteiger partial charge in [-0.05, 0) is 29.8 Å². The lowest BCUT2D eigenvalue weighted by Crippen LogP contribution is -2.23. The van der Waals surface area contributed by atoms with Crippen molar-refractivity contribution in [3.05, 3.63) is 64.6 Å². The summed E-state index contributed by atoms with van der Waals surface area (Å²) in [5.74, 6) is 0.367. The van der Waals surface area contributed by atoms with Gasteiger partial charge in [-0.2, -0.15) is 5.26 Å². The summed E-state index contributed by atoms with van der Waals surface area (Å²) < 4.78 is 16.3. The molecule has 0 N–H and O–H groups in total. The van der Waals surface area contributed by atoms with E-state index in [-0.39, 0.29) is 6.42 Å². The second-order valence-corrected chi connectivity index (χ2v) is 5.66. The van der Waals surface area contributed by atoms with Crippen molar-refractivity contribution >= 4 is 5.91 Å². The van der Waals surface area contributed by atoms with Gasteiger partial charge in [0.1, 0.15) is 23.7 Å². The van der Waals surface area contributed by atoms with E-state index in [0.29, 0.717) is 36.7 Å². The van der Waals surface area contributed by atoms with Crippen LogP contribution in [0, 0.1) is 16.2 Å². The number of para-hydroxylation sites is 1. The molecule has 0 saturated heterocycles. The molecule has 1 unspecified atom stereocenters. The van der Waals surface area contributed by atoms with Crippen molar-refractivity contribution in [3.8, 4) is 17.6 Å². The van der Waals surface area contributed by atoms with Crippen molar-refractivity contribution in [2.75, 3.05) is 20.3 Å². The predicted molar refractivity (Wildman–Crippen MR) is 98.5 cm³/mol. The summed E-state index contributed by atoms with van der Waals surface area (Å²) >= 11 is 0. The lowest BCUT2D eigenvalue weighted by atomic mass is 10.1. The van der Waals surface area contributed by atoms with Crippen LogP contribution in [-0.2, 0) is 16.0 Å². The molecule has 0 saturated carbocycles. The van der Waals surface area contributed by atoms with E-state index in [0.717, 1.165) is 5.56 Å². The summed E-state index contributed by atoms with van der Waals surface area (Å²) in [6.45, 7) is 0.852. The third kappa shape index (κ3) is 6.20. The summed E-state index contributed by atoms with van der Waals surface area (Å²) in [4.78, 5) is 21.7. The summed E-state index contributed by atoms with van der Waals surface area (Å²) in [7, 11) is 1.36. The molecule has 0 heterocycles. The molecule has 2 aromatic rings. The number of carbonyl (C=O) groups excluding carboxylic acids is 1. The number of nitrogens with zero attached hydrogens (tertiary/aromatic N) is 2. The smallest absolute Gasteiger partial charge is 0.315 e. The number of rotatable bonds is 10. The maximum atomic E-state index is 11.4. The Morgan fingerprint density at radius 2 is 1.93 bits per heavy atom. The number of hydrogen-bond acceptors (Lipinski definition) is 6. The first-order valence-corrected chi connectivity index (χ1v) is 8.41. The molecule has 0 fully saturated rings. The van der Waals surface area contributed by atoms with Gasteiger partial charge in [0.25, 0.3) is 0 Å². The molecule has 140 valence electrons. The van der Waals surface area contributed by atoms with Crippen LogP contribution in [0.15, 0.2) is 53.7 Å². The number of amides is 1. The highest BCUT2D eigenvalue weighted by Gasteiger charge is 2.19. The highest BCUT2D eigenvalue weighted by Crippen LogP contribution is 2.18. The predicted octanol–water partition coefficient (Wildman–Crippen LogP) is 3.26. The normalized spacial score (nSPS) is 11.3. The van der Waals surface area contributed by atoms with E-state index in [2.05, 4.69) is 11.2 Å². The van der Waals surface area contributed by atoms with Crippen LogP contribution in [0.25, 0.3) is 0 Å². The van der Waals surface area contributed by atoms with Crippen LogP contribution >= 0.6 is 0 Å². The largest absolute Gasteiger partial charge is 0.493 e. The van der Waals surface area contributed by atoms with Gasteiger partial charge in [0.15, 0.2) is 0 Å². The minimum atomic E-state index is -0.897. The van der Waals surface area contributed by atoms with Gasteiger partial charge in [0.05, 0.1) is 18.8 Å². The zero-order valence-corrected chi connectivity index (χ0v) is 15.0. The minimum Gasteiger partial charge on any atom is -0.493 e. The Balaban J connectivity index is 1.80. The molecule has 1 atom stereocenters. The van der Waals surface area contributed by atoms with Gasteiger partial charge in [-0.1, -0.05) is 24.3 Å². The molecule has 27 heavy (non-hydrogen) atoms. The highest BCUT2D eigenvalue weighted by molar-refractivity contribution is 5.81. The number of benzene rings is 2. The summed E-state index contributed by atoms with van der Waals surface area (Å²) in [5, 5.41) is 11.4. The van der Waals surface area contributed by atoms with Crippen LogP contribution in [0.3, 0.4) is 0 Å². The van der Waals surface area contributed by atoms with Gasteiger partial charge in [-0.15, -0.1) is 4.91 Å². The zero-order valence-electron chi connectivity index (χ0n) is 15.0. The molecular weight excluding hydrogens is 348 g/mol. The Morgan fingerprint density at radius 1 is 1.15 bits per heavy atom. The van der Waals surface area contributed by atoms with Gasteiger partial charge < -0.3 is 14.2 Å². The molecule has 2 aromatic carbocycles.